The van der Waals surface area contributed by atoms with Gasteiger partial charge in [-0.15, -0.1) is 0 Å². The predicted molar refractivity (Wildman–Crippen MR) is 96.3 cm³/mol. The molecule has 0 bridgehead atoms. The normalized spacial score (nSPS) is 15.9. The molecule has 0 radical (unpaired) electrons. The van der Waals surface area contributed by atoms with E-state index in [1.54, 1.807) is 42.6 Å². The molecule has 0 spiro atoms. The molecule has 1 aromatic heterocycles. The first kappa shape index (κ1) is 16.7. The Kier molecular flexibility index (Phi) is 5.30. The van der Waals surface area contributed by atoms with Gasteiger partial charge in [0.25, 0.3) is 5.91 Å². The van der Waals surface area contributed by atoms with Gasteiger partial charge >= 0.3 is 0 Å². The number of benzene rings is 1. The second kappa shape index (κ2) is 7.61. The van der Waals surface area contributed by atoms with Crippen molar-refractivity contribution in [3.05, 3.63) is 53.2 Å². The maximum absolute atomic E-state index is 12.6. The fraction of sp³-hybridized carbons (Fsp3) is 0.294. The molecule has 0 atom stereocenters. The van der Waals surface area contributed by atoms with Crippen LogP contribution in [0.5, 0.6) is 0 Å². The predicted octanol–water partition coefficient (Wildman–Crippen LogP) is 2.56. The molecule has 2 aromatic rings. The van der Waals surface area contributed by atoms with Gasteiger partial charge in [0.1, 0.15) is 0 Å². The minimum Gasteiger partial charge on any atom is -0.322 e. The number of likely N-dealkylation sites (N-methyl/N-ethyl adjacent to an activating group) is 1. The lowest BCUT2D eigenvalue weighted by Gasteiger charge is -2.33. The van der Waals surface area contributed by atoms with Crippen molar-refractivity contribution in [3.8, 4) is 0 Å². The Hall–Kier alpha value is -2.15. The first-order chi connectivity index (χ1) is 11.6. The van der Waals surface area contributed by atoms with Crippen LogP contribution in [0.2, 0.25) is 5.02 Å². The van der Waals surface area contributed by atoms with Crippen LogP contribution in [-0.4, -0.2) is 54.0 Å². The summed E-state index contributed by atoms with van der Waals surface area (Å²) in [6.45, 7) is 3.71. The highest BCUT2D eigenvalue weighted by atomic mass is 35.5. The Morgan fingerprint density at radius 1 is 1.17 bits per heavy atom. The number of carbonyl (C=O) groups is 1. The highest BCUT2D eigenvalue weighted by Crippen LogP contribution is 2.18. The molecule has 0 saturated carbocycles. The van der Waals surface area contributed by atoms with E-state index in [0.717, 1.165) is 26.2 Å². The van der Waals surface area contributed by atoms with Crippen LogP contribution in [0.25, 0.3) is 0 Å². The summed E-state index contributed by atoms with van der Waals surface area (Å²) in [6, 6.07) is 10.6. The highest BCUT2D eigenvalue weighted by molar-refractivity contribution is 6.31. The number of anilines is 2. The fourth-order valence-electron chi connectivity index (χ4n) is 2.51. The first-order valence-corrected chi connectivity index (χ1v) is 8.22. The van der Waals surface area contributed by atoms with Crippen LogP contribution < -0.4 is 10.7 Å². The third-order valence-corrected chi connectivity index (χ3v) is 4.14. The standard InChI is InChI=1S/C17H20ClN5O/c1-22-8-10-23(11-9-22)21-16-15(6-3-7-19-16)17(24)20-14-5-2-4-13(18)12-14/h2-7,12H,8-11H2,1H3,(H,19,21)(H,20,24). The first-order valence-electron chi connectivity index (χ1n) is 7.84. The molecule has 1 aliphatic rings. The van der Waals surface area contributed by atoms with Gasteiger partial charge in [-0.05, 0) is 37.4 Å². The molecule has 1 amide bonds. The number of halogens is 1. The van der Waals surface area contributed by atoms with Crippen molar-refractivity contribution in [2.75, 3.05) is 44.0 Å². The van der Waals surface area contributed by atoms with Gasteiger partial charge in [0.2, 0.25) is 0 Å². The van der Waals surface area contributed by atoms with Crippen molar-refractivity contribution >= 4 is 29.0 Å². The Morgan fingerprint density at radius 2 is 1.96 bits per heavy atom. The summed E-state index contributed by atoms with van der Waals surface area (Å²) >= 11 is 5.96. The quantitative estimate of drug-likeness (QED) is 0.891. The average Bonchev–Trinajstić information content (AvgIpc) is 2.57. The van der Waals surface area contributed by atoms with E-state index >= 15 is 0 Å². The van der Waals surface area contributed by atoms with E-state index in [1.165, 1.54) is 0 Å². The number of amides is 1. The van der Waals surface area contributed by atoms with Gasteiger partial charge in [-0.2, -0.15) is 0 Å². The van der Waals surface area contributed by atoms with E-state index in [-0.39, 0.29) is 5.91 Å². The molecule has 2 heterocycles. The average molecular weight is 346 g/mol. The molecule has 1 aliphatic heterocycles. The van der Waals surface area contributed by atoms with Gasteiger partial charge in [0.15, 0.2) is 5.82 Å². The minimum absolute atomic E-state index is 0.220. The molecule has 24 heavy (non-hydrogen) atoms. The number of piperazine rings is 1. The lowest BCUT2D eigenvalue weighted by molar-refractivity contribution is 0.102. The Morgan fingerprint density at radius 3 is 2.71 bits per heavy atom. The summed E-state index contributed by atoms with van der Waals surface area (Å²) in [5.41, 5.74) is 4.41. The number of carbonyl (C=O) groups excluding carboxylic acids is 1. The zero-order valence-corrected chi connectivity index (χ0v) is 14.3. The molecule has 126 valence electrons. The summed E-state index contributed by atoms with van der Waals surface area (Å²) in [7, 11) is 2.10. The van der Waals surface area contributed by atoms with Gasteiger partial charge in [-0.25, -0.2) is 9.99 Å². The molecule has 6 nitrogen and oxygen atoms in total. The van der Waals surface area contributed by atoms with Crippen LogP contribution >= 0.6 is 11.6 Å². The summed E-state index contributed by atoms with van der Waals surface area (Å²) in [6.07, 6.45) is 1.68. The SMILES string of the molecule is CN1CCN(Nc2ncccc2C(=O)Nc2cccc(Cl)c2)CC1. The van der Waals surface area contributed by atoms with Crippen LogP contribution in [0.4, 0.5) is 11.5 Å². The van der Waals surface area contributed by atoms with Gasteiger partial charge < -0.3 is 15.6 Å². The second-order valence-corrected chi connectivity index (χ2v) is 6.20. The smallest absolute Gasteiger partial charge is 0.259 e. The molecule has 7 heteroatoms. The van der Waals surface area contributed by atoms with Crippen LogP contribution in [0, 0.1) is 0 Å². The van der Waals surface area contributed by atoms with E-state index in [2.05, 4.69) is 32.7 Å². The van der Waals surface area contributed by atoms with Crippen molar-refractivity contribution in [2.24, 2.45) is 0 Å². The Bertz CT molecular complexity index is 716. The van der Waals surface area contributed by atoms with Gasteiger partial charge in [0, 0.05) is 43.1 Å². The van der Waals surface area contributed by atoms with E-state index in [0.29, 0.717) is 22.1 Å². The molecule has 2 N–H and O–H groups in total. The number of aromatic nitrogens is 1. The molecule has 3 rings (SSSR count). The number of rotatable bonds is 4. The largest absolute Gasteiger partial charge is 0.322 e. The number of pyridine rings is 1. The minimum atomic E-state index is -0.220. The van der Waals surface area contributed by atoms with Crippen molar-refractivity contribution in [3.63, 3.8) is 0 Å². The third-order valence-electron chi connectivity index (χ3n) is 3.90. The second-order valence-electron chi connectivity index (χ2n) is 5.77. The van der Waals surface area contributed by atoms with Crippen LogP contribution in [0.1, 0.15) is 10.4 Å². The summed E-state index contributed by atoms with van der Waals surface area (Å²) < 4.78 is 0. The summed E-state index contributed by atoms with van der Waals surface area (Å²) in [5, 5.41) is 5.51. The maximum Gasteiger partial charge on any atom is 0.259 e. The maximum atomic E-state index is 12.6. The summed E-state index contributed by atoms with van der Waals surface area (Å²) in [5.74, 6) is 0.337. The van der Waals surface area contributed by atoms with Crippen molar-refractivity contribution in [1.29, 1.82) is 0 Å². The number of hydrogen-bond donors (Lipinski definition) is 2. The number of hydrogen-bond acceptors (Lipinski definition) is 5. The van der Waals surface area contributed by atoms with Crippen LogP contribution in [0.3, 0.4) is 0 Å². The number of hydrazine groups is 1. The van der Waals surface area contributed by atoms with E-state index in [9.17, 15) is 4.79 Å². The molecule has 1 saturated heterocycles. The van der Waals surface area contributed by atoms with Gasteiger partial charge in [-0.3, -0.25) is 4.79 Å². The number of nitrogens with one attached hydrogen (secondary N) is 2. The molecular weight excluding hydrogens is 326 g/mol. The monoisotopic (exact) mass is 345 g/mol. The Labute approximate surface area is 146 Å². The van der Waals surface area contributed by atoms with Crippen molar-refractivity contribution < 1.29 is 4.79 Å². The molecule has 1 aromatic carbocycles. The van der Waals surface area contributed by atoms with E-state index < -0.39 is 0 Å². The molecule has 0 unspecified atom stereocenters. The highest BCUT2D eigenvalue weighted by Gasteiger charge is 2.18. The molecular formula is C17H20ClN5O. The number of nitrogens with zero attached hydrogens (tertiary/aromatic N) is 3. The lowest BCUT2D eigenvalue weighted by Crippen LogP contribution is -2.47. The molecule has 1 fully saturated rings. The lowest BCUT2D eigenvalue weighted by atomic mass is 10.2. The van der Waals surface area contributed by atoms with Crippen LogP contribution in [-0.2, 0) is 0 Å². The van der Waals surface area contributed by atoms with Gasteiger partial charge in [-0.1, -0.05) is 17.7 Å². The van der Waals surface area contributed by atoms with E-state index in [4.69, 9.17) is 11.6 Å². The zero-order valence-electron chi connectivity index (χ0n) is 13.5. The van der Waals surface area contributed by atoms with Crippen molar-refractivity contribution in [1.82, 2.24) is 14.9 Å². The molecule has 0 aliphatic carbocycles. The topological polar surface area (TPSA) is 60.5 Å². The summed E-state index contributed by atoms with van der Waals surface area (Å²) in [4.78, 5) is 19.2. The third kappa shape index (κ3) is 4.23. The Balaban J connectivity index is 1.72. The van der Waals surface area contributed by atoms with Crippen LogP contribution in [0.15, 0.2) is 42.6 Å². The van der Waals surface area contributed by atoms with Crippen molar-refractivity contribution in [2.45, 2.75) is 0 Å². The zero-order chi connectivity index (χ0) is 16.9. The van der Waals surface area contributed by atoms with E-state index in [1.807, 2.05) is 0 Å². The van der Waals surface area contributed by atoms with Gasteiger partial charge in [0.05, 0.1) is 5.56 Å². The fourth-order valence-corrected chi connectivity index (χ4v) is 2.70.